The number of pyridine rings is 1. The molecule has 0 atom stereocenters. The molecule has 1 aliphatic heterocycles. The Kier molecular flexibility index (Phi) is 2.85. The van der Waals surface area contributed by atoms with Crippen LogP contribution in [0.4, 0.5) is 5.69 Å². The molecule has 0 amide bonds. The second-order valence-corrected chi connectivity index (χ2v) is 6.22. The summed E-state index contributed by atoms with van der Waals surface area (Å²) in [5, 5.41) is 9.89. The molecule has 0 saturated heterocycles. The van der Waals surface area contributed by atoms with Gasteiger partial charge in [-0.05, 0) is 28.7 Å². The zero-order chi connectivity index (χ0) is 14.3. The van der Waals surface area contributed by atoms with Crippen LogP contribution < -0.4 is 0 Å². The maximum atomic E-state index is 9.89. The van der Waals surface area contributed by atoms with Crippen molar-refractivity contribution >= 4 is 11.4 Å². The van der Waals surface area contributed by atoms with E-state index < -0.39 is 0 Å². The van der Waals surface area contributed by atoms with E-state index in [4.69, 9.17) is 0 Å². The van der Waals surface area contributed by atoms with Crippen molar-refractivity contribution < 1.29 is 5.11 Å². The van der Waals surface area contributed by atoms with Crippen LogP contribution in [-0.2, 0) is 11.8 Å². The first-order chi connectivity index (χ1) is 9.45. The number of nitrogens with zero attached hydrogens (tertiary/aromatic N) is 2. The van der Waals surface area contributed by atoms with Crippen LogP contribution in [0.5, 0.6) is 5.75 Å². The summed E-state index contributed by atoms with van der Waals surface area (Å²) >= 11 is 0. The number of aliphatic imine (C=N–C) groups is 1. The van der Waals surface area contributed by atoms with Gasteiger partial charge in [-0.3, -0.25) is 9.98 Å². The molecule has 20 heavy (non-hydrogen) atoms. The van der Waals surface area contributed by atoms with Crippen molar-refractivity contribution in [2.75, 3.05) is 0 Å². The highest BCUT2D eigenvalue weighted by Gasteiger charge is 2.21. The third-order valence-electron chi connectivity index (χ3n) is 3.68. The van der Waals surface area contributed by atoms with Crippen molar-refractivity contribution in [3.05, 3.63) is 53.3 Å². The lowest BCUT2D eigenvalue weighted by molar-refractivity contribution is 0.471. The van der Waals surface area contributed by atoms with E-state index in [0.29, 0.717) is 0 Å². The molecule has 0 spiro atoms. The topological polar surface area (TPSA) is 45.5 Å². The molecule has 0 bridgehead atoms. The van der Waals surface area contributed by atoms with Gasteiger partial charge in [0.1, 0.15) is 5.75 Å². The predicted molar refractivity (Wildman–Crippen MR) is 80.9 cm³/mol. The molecule has 2 heterocycles. The first kappa shape index (κ1) is 12.9. The van der Waals surface area contributed by atoms with Gasteiger partial charge in [-0.2, -0.15) is 0 Å². The minimum atomic E-state index is 0.117. The van der Waals surface area contributed by atoms with Gasteiger partial charge >= 0.3 is 0 Å². The smallest absolute Gasteiger partial charge is 0.142 e. The maximum Gasteiger partial charge on any atom is 0.142 e. The molecule has 1 N–H and O–H groups in total. The van der Waals surface area contributed by atoms with Gasteiger partial charge in [0.2, 0.25) is 0 Å². The zero-order valence-corrected chi connectivity index (χ0v) is 12.0. The average molecular weight is 266 g/mol. The van der Waals surface area contributed by atoms with Crippen molar-refractivity contribution in [3.63, 3.8) is 0 Å². The lowest BCUT2D eigenvalue weighted by atomic mass is 9.86. The lowest BCUT2D eigenvalue weighted by Crippen LogP contribution is -2.10. The highest BCUT2D eigenvalue weighted by molar-refractivity contribution is 6.08. The largest absolute Gasteiger partial charge is 0.506 e. The number of aromatic hydroxyl groups is 1. The summed E-state index contributed by atoms with van der Waals surface area (Å²) < 4.78 is 0. The molecule has 0 unspecified atom stereocenters. The SMILES string of the molecule is CC(C)(C)c1ccc2c(c1)N=C(c1ccncc1O)C2. The minimum Gasteiger partial charge on any atom is -0.506 e. The standard InChI is InChI=1S/C17H18N2O/c1-17(2,3)12-5-4-11-8-15(19-14(11)9-12)13-6-7-18-10-16(13)20/h4-7,9-10,20H,8H2,1-3H3. The summed E-state index contributed by atoms with van der Waals surface area (Å²) in [6, 6.07) is 8.28. The average Bonchev–Trinajstić information content (AvgIpc) is 2.80. The molecule has 2 aromatic rings. The molecule has 1 aromatic carbocycles. The Morgan fingerprint density at radius 2 is 1.95 bits per heavy atom. The van der Waals surface area contributed by atoms with Gasteiger partial charge in [-0.1, -0.05) is 32.9 Å². The van der Waals surface area contributed by atoms with Gasteiger partial charge in [0, 0.05) is 18.2 Å². The van der Waals surface area contributed by atoms with Gasteiger partial charge in [-0.25, -0.2) is 0 Å². The van der Waals surface area contributed by atoms with Gasteiger partial charge < -0.3 is 5.11 Å². The molecule has 1 aromatic heterocycles. The monoisotopic (exact) mass is 266 g/mol. The molecular formula is C17H18N2O. The summed E-state index contributed by atoms with van der Waals surface area (Å²) in [5.41, 5.74) is 5.30. The number of fused-ring (bicyclic) bond motifs is 1. The van der Waals surface area contributed by atoms with Gasteiger partial charge in [0.15, 0.2) is 0 Å². The van der Waals surface area contributed by atoms with Crippen molar-refractivity contribution in [3.8, 4) is 5.75 Å². The number of aromatic nitrogens is 1. The highest BCUT2D eigenvalue weighted by Crippen LogP contribution is 2.34. The van der Waals surface area contributed by atoms with Gasteiger partial charge in [-0.15, -0.1) is 0 Å². The van der Waals surface area contributed by atoms with E-state index in [1.165, 1.54) is 17.3 Å². The van der Waals surface area contributed by atoms with E-state index >= 15 is 0 Å². The Bertz CT molecular complexity index is 696. The molecule has 0 saturated carbocycles. The summed E-state index contributed by atoms with van der Waals surface area (Å²) in [7, 11) is 0. The van der Waals surface area contributed by atoms with E-state index in [9.17, 15) is 5.11 Å². The third kappa shape index (κ3) is 2.20. The Balaban J connectivity index is 2.02. The molecule has 0 fully saturated rings. The fourth-order valence-corrected chi connectivity index (χ4v) is 2.43. The first-order valence-electron chi connectivity index (χ1n) is 6.79. The molecule has 0 aliphatic carbocycles. The number of hydrogen-bond donors (Lipinski definition) is 1. The fourth-order valence-electron chi connectivity index (χ4n) is 2.43. The zero-order valence-electron chi connectivity index (χ0n) is 12.0. The molecule has 3 rings (SSSR count). The third-order valence-corrected chi connectivity index (χ3v) is 3.68. The lowest BCUT2D eigenvalue weighted by Gasteiger charge is -2.19. The Morgan fingerprint density at radius 1 is 1.15 bits per heavy atom. The molecule has 1 aliphatic rings. The van der Waals surface area contributed by atoms with Crippen LogP contribution in [0, 0.1) is 0 Å². The van der Waals surface area contributed by atoms with Crippen LogP contribution in [0.1, 0.15) is 37.5 Å². The highest BCUT2D eigenvalue weighted by atomic mass is 16.3. The van der Waals surface area contributed by atoms with Crippen LogP contribution in [0.15, 0.2) is 41.7 Å². The molecule has 3 heteroatoms. The van der Waals surface area contributed by atoms with Crippen molar-refractivity contribution in [1.82, 2.24) is 4.98 Å². The van der Waals surface area contributed by atoms with E-state index in [-0.39, 0.29) is 11.2 Å². The summed E-state index contributed by atoms with van der Waals surface area (Å²) in [4.78, 5) is 8.59. The molecule has 3 nitrogen and oxygen atoms in total. The van der Waals surface area contributed by atoms with Crippen LogP contribution in [-0.4, -0.2) is 15.8 Å². The molecule has 0 radical (unpaired) electrons. The Morgan fingerprint density at radius 3 is 2.65 bits per heavy atom. The number of rotatable bonds is 1. The summed E-state index contributed by atoms with van der Waals surface area (Å²) in [6.07, 6.45) is 3.90. The normalized spacial score (nSPS) is 14.1. The molecule has 102 valence electrons. The quantitative estimate of drug-likeness (QED) is 0.854. The van der Waals surface area contributed by atoms with E-state index in [0.717, 1.165) is 23.4 Å². The van der Waals surface area contributed by atoms with Crippen LogP contribution in [0.2, 0.25) is 0 Å². The first-order valence-corrected chi connectivity index (χ1v) is 6.79. The van der Waals surface area contributed by atoms with Crippen LogP contribution in [0.3, 0.4) is 0 Å². The van der Waals surface area contributed by atoms with E-state index in [1.807, 2.05) is 6.07 Å². The number of hydrogen-bond acceptors (Lipinski definition) is 3. The maximum absolute atomic E-state index is 9.89. The van der Waals surface area contributed by atoms with Crippen molar-refractivity contribution in [2.45, 2.75) is 32.6 Å². The molecular weight excluding hydrogens is 248 g/mol. The van der Waals surface area contributed by atoms with Crippen LogP contribution in [0.25, 0.3) is 0 Å². The van der Waals surface area contributed by atoms with Gasteiger partial charge in [0.25, 0.3) is 0 Å². The fraction of sp³-hybridized carbons (Fsp3) is 0.294. The van der Waals surface area contributed by atoms with E-state index in [1.54, 1.807) is 6.20 Å². The van der Waals surface area contributed by atoms with Crippen molar-refractivity contribution in [2.24, 2.45) is 4.99 Å². The second kappa shape index (κ2) is 4.44. The van der Waals surface area contributed by atoms with E-state index in [2.05, 4.69) is 48.9 Å². The van der Waals surface area contributed by atoms with Gasteiger partial charge in [0.05, 0.1) is 17.6 Å². The number of benzene rings is 1. The summed E-state index contributed by atoms with van der Waals surface area (Å²) in [6.45, 7) is 6.59. The second-order valence-electron chi connectivity index (χ2n) is 6.22. The summed E-state index contributed by atoms with van der Waals surface area (Å²) in [5.74, 6) is 0.190. The van der Waals surface area contributed by atoms with Crippen molar-refractivity contribution in [1.29, 1.82) is 0 Å². The van der Waals surface area contributed by atoms with Crippen LogP contribution >= 0.6 is 0 Å². The Hall–Kier alpha value is -2.16. The predicted octanol–water partition coefficient (Wildman–Crippen LogP) is 3.76. The Labute approximate surface area is 119 Å². The minimum absolute atomic E-state index is 0.117.